The van der Waals surface area contributed by atoms with Crippen LogP contribution in [0.15, 0.2) is 33.5 Å². The summed E-state index contributed by atoms with van der Waals surface area (Å²) in [6.45, 7) is 0. The summed E-state index contributed by atoms with van der Waals surface area (Å²) < 4.78 is 12.2. The second-order valence-corrected chi connectivity index (χ2v) is 5.08. The smallest absolute Gasteiger partial charge is 0.237 e. The summed E-state index contributed by atoms with van der Waals surface area (Å²) >= 11 is 6.75. The molecule has 0 saturated carbocycles. The molecule has 0 amide bonds. The van der Waals surface area contributed by atoms with E-state index in [0.717, 1.165) is 8.95 Å². The van der Waals surface area contributed by atoms with Crippen LogP contribution in [-0.4, -0.2) is 17.1 Å². The highest BCUT2D eigenvalue weighted by Crippen LogP contribution is 2.37. The van der Waals surface area contributed by atoms with Gasteiger partial charge in [-0.1, -0.05) is 0 Å². The summed E-state index contributed by atoms with van der Waals surface area (Å²) in [5, 5.41) is 8.64. The minimum atomic E-state index is 0.238. The average Bonchev–Trinajstić information content (AvgIpc) is 2.43. The van der Waals surface area contributed by atoms with Gasteiger partial charge in [-0.05, 0) is 44.0 Å². The van der Waals surface area contributed by atoms with Gasteiger partial charge in [-0.2, -0.15) is 5.26 Å². The Bertz CT molecular complexity index is 639. The molecule has 0 spiro atoms. The molecular formula is C12H7Br2N3O2. The molecule has 1 aromatic heterocycles. The zero-order chi connectivity index (χ0) is 13.8. The van der Waals surface area contributed by atoms with Crippen LogP contribution in [0.5, 0.6) is 17.4 Å². The molecule has 0 N–H and O–H groups in total. The van der Waals surface area contributed by atoms with Gasteiger partial charge in [-0.3, -0.25) is 0 Å². The van der Waals surface area contributed by atoms with Crippen LogP contribution in [-0.2, 0) is 0 Å². The fourth-order valence-corrected chi connectivity index (χ4v) is 2.17. The molecule has 1 heterocycles. The number of rotatable bonds is 3. The van der Waals surface area contributed by atoms with Crippen LogP contribution >= 0.6 is 31.9 Å². The Morgan fingerprint density at radius 2 is 1.79 bits per heavy atom. The van der Waals surface area contributed by atoms with Gasteiger partial charge >= 0.3 is 0 Å². The lowest BCUT2D eigenvalue weighted by atomic mass is 10.3. The lowest BCUT2D eigenvalue weighted by Gasteiger charge is -2.09. The van der Waals surface area contributed by atoms with Gasteiger partial charge in [0.2, 0.25) is 5.88 Å². The summed E-state index contributed by atoms with van der Waals surface area (Å²) in [5.74, 6) is 1.55. The Labute approximate surface area is 126 Å². The Morgan fingerprint density at radius 3 is 2.37 bits per heavy atom. The van der Waals surface area contributed by atoms with E-state index in [0.29, 0.717) is 17.4 Å². The third-order valence-electron chi connectivity index (χ3n) is 2.16. The number of benzene rings is 1. The number of methoxy groups -OCH3 is 1. The summed E-state index contributed by atoms with van der Waals surface area (Å²) in [5.41, 5.74) is 0.238. The Morgan fingerprint density at radius 1 is 1.11 bits per heavy atom. The number of halogens is 2. The molecule has 0 fully saturated rings. The van der Waals surface area contributed by atoms with Crippen LogP contribution < -0.4 is 9.47 Å². The first-order valence-electron chi connectivity index (χ1n) is 5.07. The predicted octanol–water partition coefficient (Wildman–Crippen LogP) is 3.67. The molecule has 7 heteroatoms. The van der Waals surface area contributed by atoms with E-state index in [4.69, 9.17) is 14.7 Å². The first kappa shape index (κ1) is 13.8. The minimum Gasteiger partial charge on any atom is -0.496 e. The third kappa shape index (κ3) is 3.22. The van der Waals surface area contributed by atoms with E-state index < -0.39 is 0 Å². The number of aromatic nitrogens is 2. The molecule has 0 radical (unpaired) electrons. The van der Waals surface area contributed by atoms with Crippen LogP contribution in [0.1, 0.15) is 5.69 Å². The average molecular weight is 385 g/mol. The van der Waals surface area contributed by atoms with E-state index in [1.54, 1.807) is 19.2 Å². The fraction of sp³-hybridized carbons (Fsp3) is 0.0833. The first-order valence-corrected chi connectivity index (χ1v) is 6.65. The van der Waals surface area contributed by atoms with Gasteiger partial charge in [0.25, 0.3) is 0 Å². The summed E-state index contributed by atoms with van der Waals surface area (Å²) in [6.07, 6.45) is 2.74. The standard InChI is InChI=1S/C12H7Br2N3O2/c1-18-10-2-9(14)11(3-8(10)13)19-12-6-16-7(4-15)5-17-12/h2-3,5-6H,1H3. The van der Waals surface area contributed by atoms with Gasteiger partial charge in [-0.25, -0.2) is 9.97 Å². The molecule has 0 aliphatic heterocycles. The molecular weight excluding hydrogens is 378 g/mol. The SMILES string of the molecule is COc1cc(Br)c(Oc2cnc(C#N)cn2)cc1Br. The molecule has 19 heavy (non-hydrogen) atoms. The van der Waals surface area contributed by atoms with Crippen molar-refractivity contribution in [3.8, 4) is 23.4 Å². The van der Waals surface area contributed by atoms with Crippen LogP contribution in [0.2, 0.25) is 0 Å². The van der Waals surface area contributed by atoms with Crippen LogP contribution in [0, 0.1) is 11.3 Å². The Hall–Kier alpha value is -1.65. The zero-order valence-electron chi connectivity index (χ0n) is 9.72. The van der Waals surface area contributed by atoms with Gasteiger partial charge in [0, 0.05) is 0 Å². The highest BCUT2D eigenvalue weighted by Gasteiger charge is 2.10. The first-order chi connectivity index (χ1) is 9.13. The van der Waals surface area contributed by atoms with Crippen molar-refractivity contribution < 1.29 is 9.47 Å². The van der Waals surface area contributed by atoms with Crippen LogP contribution in [0.25, 0.3) is 0 Å². The van der Waals surface area contributed by atoms with Gasteiger partial charge < -0.3 is 9.47 Å². The summed E-state index contributed by atoms with van der Waals surface area (Å²) in [4.78, 5) is 7.86. The van der Waals surface area contributed by atoms with Crippen molar-refractivity contribution in [3.05, 3.63) is 39.2 Å². The van der Waals surface area contributed by atoms with Crippen molar-refractivity contribution in [3.63, 3.8) is 0 Å². The second kappa shape index (κ2) is 5.99. The maximum absolute atomic E-state index is 8.64. The highest BCUT2D eigenvalue weighted by atomic mass is 79.9. The van der Waals surface area contributed by atoms with Gasteiger partial charge in [0.1, 0.15) is 17.6 Å². The van der Waals surface area contributed by atoms with Crippen LogP contribution in [0.3, 0.4) is 0 Å². The second-order valence-electron chi connectivity index (χ2n) is 3.37. The van der Waals surface area contributed by atoms with Crippen molar-refractivity contribution in [1.82, 2.24) is 9.97 Å². The van der Waals surface area contributed by atoms with Crippen molar-refractivity contribution in [1.29, 1.82) is 5.26 Å². The fourth-order valence-electron chi connectivity index (χ4n) is 1.28. The van der Waals surface area contributed by atoms with E-state index >= 15 is 0 Å². The Kier molecular flexibility index (Phi) is 4.35. The normalized spacial score (nSPS) is 9.79. The summed E-state index contributed by atoms with van der Waals surface area (Å²) in [7, 11) is 1.58. The highest BCUT2D eigenvalue weighted by molar-refractivity contribution is 9.11. The van der Waals surface area contributed by atoms with Gasteiger partial charge in [0.15, 0.2) is 5.69 Å². The molecule has 5 nitrogen and oxygen atoms in total. The Balaban J connectivity index is 2.28. The maximum atomic E-state index is 8.64. The number of hydrogen-bond acceptors (Lipinski definition) is 5. The van der Waals surface area contributed by atoms with Crippen molar-refractivity contribution in [2.75, 3.05) is 7.11 Å². The predicted molar refractivity (Wildman–Crippen MR) is 75.2 cm³/mol. The van der Waals surface area contributed by atoms with E-state index in [9.17, 15) is 0 Å². The number of nitriles is 1. The molecule has 1 aromatic carbocycles. The molecule has 0 unspecified atom stereocenters. The molecule has 0 aliphatic carbocycles. The van der Waals surface area contributed by atoms with E-state index in [1.165, 1.54) is 12.4 Å². The molecule has 2 rings (SSSR count). The zero-order valence-corrected chi connectivity index (χ0v) is 12.9. The number of ether oxygens (including phenoxy) is 2. The molecule has 0 saturated heterocycles. The topological polar surface area (TPSA) is 68.0 Å². The molecule has 0 atom stereocenters. The van der Waals surface area contributed by atoms with Crippen molar-refractivity contribution >= 4 is 31.9 Å². The van der Waals surface area contributed by atoms with Crippen molar-refractivity contribution in [2.24, 2.45) is 0 Å². The minimum absolute atomic E-state index is 0.238. The molecule has 2 aromatic rings. The lowest BCUT2D eigenvalue weighted by Crippen LogP contribution is -1.93. The van der Waals surface area contributed by atoms with E-state index in [2.05, 4.69) is 41.8 Å². The molecule has 0 aliphatic rings. The van der Waals surface area contributed by atoms with Gasteiger partial charge in [-0.15, -0.1) is 0 Å². The quantitative estimate of drug-likeness (QED) is 0.807. The largest absolute Gasteiger partial charge is 0.496 e. The lowest BCUT2D eigenvalue weighted by molar-refractivity contribution is 0.408. The van der Waals surface area contributed by atoms with Crippen LogP contribution in [0.4, 0.5) is 0 Å². The number of hydrogen-bond donors (Lipinski definition) is 0. The monoisotopic (exact) mass is 383 g/mol. The molecule has 0 bridgehead atoms. The van der Waals surface area contributed by atoms with Crippen molar-refractivity contribution in [2.45, 2.75) is 0 Å². The summed E-state index contributed by atoms with van der Waals surface area (Å²) in [6, 6.07) is 5.42. The number of nitrogens with zero attached hydrogens (tertiary/aromatic N) is 3. The van der Waals surface area contributed by atoms with E-state index in [1.807, 2.05) is 6.07 Å². The van der Waals surface area contributed by atoms with Gasteiger partial charge in [0.05, 0.1) is 28.4 Å². The maximum Gasteiger partial charge on any atom is 0.237 e. The third-order valence-corrected chi connectivity index (χ3v) is 3.40. The molecule has 96 valence electrons. The van der Waals surface area contributed by atoms with E-state index in [-0.39, 0.29) is 5.69 Å².